The van der Waals surface area contributed by atoms with Gasteiger partial charge in [-0.05, 0) is 61.4 Å². The van der Waals surface area contributed by atoms with Gasteiger partial charge in [0.2, 0.25) is 0 Å². The van der Waals surface area contributed by atoms with Gasteiger partial charge in [-0.1, -0.05) is 0 Å². The van der Waals surface area contributed by atoms with Gasteiger partial charge in [0, 0.05) is 11.1 Å². The zero-order chi connectivity index (χ0) is 17.9. The molecule has 0 unspecified atom stereocenters. The van der Waals surface area contributed by atoms with Gasteiger partial charge in [-0.25, -0.2) is 19.9 Å². The highest BCUT2D eigenvalue weighted by atomic mass is 16.5. The molecule has 0 fully saturated rings. The Kier molecular flexibility index (Phi) is 4.15. The average molecular weight is 343 g/mol. The summed E-state index contributed by atoms with van der Waals surface area (Å²) in [5.41, 5.74) is 4.27. The van der Waals surface area contributed by atoms with Gasteiger partial charge in [0.25, 0.3) is 0 Å². The largest absolute Gasteiger partial charge is 0.454 e. The zero-order valence-corrected chi connectivity index (χ0v) is 14.5. The van der Waals surface area contributed by atoms with E-state index in [1.54, 1.807) is 18.7 Å². The van der Waals surface area contributed by atoms with E-state index in [0.29, 0.717) is 11.5 Å². The van der Waals surface area contributed by atoms with E-state index >= 15 is 0 Å². The van der Waals surface area contributed by atoms with Crippen molar-refractivity contribution in [2.75, 3.05) is 5.32 Å². The quantitative estimate of drug-likeness (QED) is 0.585. The monoisotopic (exact) mass is 343 g/mol. The van der Waals surface area contributed by atoms with Crippen LogP contribution in [-0.2, 0) is 0 Å². The van der Waals surface area contributed by atoms with E-state index < -0.39 is 0 Å². The van der Waals surface area contributed by atoms with Gasteiger partial charge in [0.05, 0.1) is 17.9 Å². The summed E-state index contributed by atoms with van der Waals surface area (Å²) >= 11 is 0. The molecule has 0 bridgehead atoms. The Morgan fingerprint density at radius 2 is 1.54 bits per heavy atom. The molecule has 0 spiro atoms. The second-order valence-corrected chi connectivity index (χ2v) is 6.00. The highest BCUT2D eigenvalue weighted by molar-refractivity contribution is 5.91. The second kappa shape index (κ2) is 6.76. The Bertz CT molecular complexity index is 1050. The Morgan fingerprint density at radius 3 is 2.31 bits per heavy atom. The SMILES string of the molecule is Cc1cc2ncnc(Nc3ccc(Oc4cncnc4)cc3)c2cc1C. The summed E-state index contributed by atoms with van der Waals surface area (Å²) < 4.78 is 5.70. The van der Waals surface area contributed by atoms with Crippen molar-refractivity contribution in [3.05, 3.63) is 72.6 Å². The van der Waals surface area contributed by atoms with Gasteiger partial charge in [0.1, 0.15) is 24.2 Å². The number of aryl methyl sites for hydroxylation is 2. The molecule has 0 saturated carbocycles. The van der Waals surface area contributed by atoms with E-state index in [1.165, 1.54) is 17.5 Å². The molecule has 6 nitrogen and oxygen atoms in total. The first-order valence-electron chi connectivity index (χ1n) is 8.21. The molecule has 128 valence electrons. The molecule has 0 aliphatic carbocycles. The molecule has 0 saturated heterocycles. The average Bonchev–Trinajstić information content (AvgIpc) is 2.66. The second-order valence-electron chi connectivity index (χ2n) is 6.00. The van der Waals surface area contributed by atoms with Gasteiger partial charge in [0.15, 0.2) is 5.75 Å². The van der Waals surface area contributed by atoms with Crippen LogP contribution in [0.3, 0.4) is 0 Å². The third kappa shape index (κ3) is 3.30. The summed E-state index contributed by atoms with van der Waals surface area (Å²) in [5.74, 6) is 2.09. The summed E-state index contributed by atoms with van der Waals surface area (Å²) in [6.45, 7) is 4.17. The van der Waals surface area contributed by atoms with Crippen LogP contribution in [0.5, 0.6) is 11.5 Å². The summed E-state index contributed by atoms with van der Waals surface area (Å²) in [7, 11) is 0. The van der Waals surface area contributed by atoms with Crippen molar-refractivity contribution in [3.63, 3.8) is 0 Å². The summed E-state index contributed by atoms with van der Waals surface area (Å²) in [6.07, 6.45) is 6.29. The van der Waals surface area contributed by atoms with Crippen LogP contribution in [0.15, 0.2) is 61.4 Å². The fraction of sp³-hybridized carbons (Fsp3) is 0.100. The number of ether oxygens (including phenoxy) is 1. The lowest BCUT2D eigenvalue weighted by Gasteiger charge is -2.11. The van der Waals surface area contributed by atoms with Crippen molar-refractivity contribution < 1.29 is 4.74 Å². The van der Waals surface area contributed by atoms with Gasteiger partial charge >= 0.3 is 0 Å². The van der Waals surface area contributed by atoms with Crippen molar-refractivity contribution in [1.29, 1.82) is 0 Å². The molecule has 26 heavy (non-hydrogen) atoms. The lowest BCUT2D eigenvalue weighted by Crippen LogP contribution is -1.97. The number of nitrogens with one attached hydrogen (secondary N) is 1. The molecule has 0 aliphatic heterocycles. The van der Waals surface area contributed by atoms with E-state index in [2.05, 4.69) is 51.2 Å². The first-order chi connectivity index (χ1) is 12.7. The molecule has 0 aliphatic rings. The van der Waals surface area contributed by atoms with Crippen molar-refractivity contribution >= 4 is 22.4 Å². The minimum absolute atomic E-state index is 0.598. The molecule has 6 heteroatoms. The van der Waals surface area contributed by atoms with E-state index in [-0.39, 0.29) is 0 Å². The number of rotatable bonds is 4. The van der Waals surface area contributed by atoms with Crippen LogP contribution >= 0.6 is 0 Å². The first-order valence-corrected chi connectivity index (χ1v) is 8.21. The maximum Gasteiger partial charge on any atom is 0.163 e. The van der Waals surface area contributed by atoms with E-state index in [9.17, 15) is 0 Å². The number of hydrogen-bond donors (Lipinski definition) is 1. The van der Waals surface area contributed by atoms with Crippen LogP contribution in [0, 0.1) is 13.8 Å². The molecule has 1 N–H and O–H groups in total. The molecule has 2 aromatic heterocycles. The van der Waals surface area contributed by atoms with Crippen LogP contribution in [-0.4, -0.2) is 19.9 Å². The molecular weight excluding hydrogens is 326 g/mol. The normalized spacial score (nSPS) is 10.7. The lowest BCUT2D eigenvalue weighted by molar-refractivity contribution is 0.477. The van der Waals surface area contributed by atoms with Crippen LogP contribution in [0.1, 0.15) is 11.1 Å². The first kappa shape index (κ1) is 16.0. The minimum atomic E-state index is 0.598. The molecule has 4 rings (SSSR count). The summed E-state index contributed by atoms with van der Waals surface area (Å²) in [6, 6.07) is 11.8. The maximum atomic E-state index is 5.70. The van der Waals surface area contributed by atoms with Crippen molar-refractivity contribution in [2.45, 2.75) is 13.8 Å². The number of hydrogen-bond acceptors (Lipinski definition) is 6. The summed E-state index contributed by atoms with van der Waals surface area (Å²) in [5, 5.41) is 4.35. The number of anilines is 2. The molecule has 0 atom stereocenters. The van der Waals surface area contributed by atoms with Gasteiger partial charge in [-0.2, -0.15) is 0 Å². The third-order valence-corrected chi connectivity index (χ3v) is 4.14. The summed E-state index contributed by atoms with van der Waals surface area (Å²) in [4.78, 5) is 16.6. The standard InChI is InChI=1S/C20H17N5O/c1-13-7-18-19(8-14(13)2)23-12-24-20(18)25-15-3-5-16(6-4-15)26-17-9-21-11-22-10-17/h3-12H,1-2H3,(H,23,24,25). The van der Waals surface area contributed by atoms with Crippen molar-refractivity contribution in [2.24, 2.45) is 0 Å². The topological polar surface area (TPSA) is 72.8 Å². The van der Waals surface area contributed by atoms with E-state index in [0.717, 1.165) is 22.4 Å². The predicted octanol–water partition coefficient (Wildman–Crippen LogP) is 4.57. The van der Waals surface area contributed by atoms with Crippen molar-refractivity contribution in [3.8, 4) is 11.5 Å². The van der Waals surface area contributed by atoms with Gasteiger partial charge in [-0.3, -0.25) is 0 Å². The molecule has 0 radical (unpaired) electrons. The smallest absolute Gasteiger partial charge is 0.163 e. The fourth-order valence-electron chi connectivity index (χ4n) is 2.63. The molecule has 2 heterocycles. The Morgan fingerprint density at radius 1 is 0.808 bits per heavy atom. The van der Waals surface area contributed by atoms with Crippen molar-refractivity contribution in [1.82, 2.24) is 19.9 Å². The van der Waals surface area contributed by atoms with Crippen LogP contribution in [0.4, 0.5) is 11.5 Å². The number of nitrogens with zero attached hydrogens (tertiary/aromatic N) is 4. The Labute approximate surface area is 150 Å². The fourth-order valence-corrected chi connectivity index (χ4v) is 2.63. The Hall–Kier alpha value is -3.54. The highest BCUT2D eigenvalue weighted by Crippen LogP contribution is 2.27. The molecule has 2 aromatic carbocycles. The minimum Gasteiger partial charge on any atom is -0.454 e. The van der Waals surface area contributed by atoms with Crippen LogP contribution in [0.25, 0.3) is 10.9 Å². The third-order valence-electron chi connectivity index (χ3n) is 4.14. The lowest BCUT2D eigenvalue weighted by atomic mass is 10.1. The van der Waals surface area contributed by atoms with E-state index in [4.69, 9.17) is 4.74 Å². The van der Waals surface area contributed by atoms with Crippen LogP contribution in [0.2, 0.25) is 0 Å². The number of benzene rings is 2. The highest BCUT2D eigenvalue weighted by Gasteiger charge is 2.07. The predicted molar refractivity (Wildman–Crippen MR) is 101 cm³/mol. The zero-order valence-electron chi connectivity index (χ0n) is 14.5. The molecule has 4 aromatic rings. The van der Waals surface area contributed by atoms with Gasteiger partial charge < -0.3 is 10.1 Å². The Balaban J connectivity index is 1.58. The van der Waals surface area contributed by atoms with Gasteiger partial charge in [-0.15, -0.1) is 0 Å². The number of aromatic nitrogens is 4. The molecular formula is C20H17N5O. The van der Waals surface area contributed by atoms with E-state index in [1.807, 2.05) is 24.3 Å². The molecule has 0 amide bonds. The maximum absolute atomic E-state index is 5.70. The number of fused-ring (bicyclic) bond motifs is 1. The van der Waals surface area contributed by atoms with Crippen LogP contribution < -0.4 is 10.1 Å².